The highest BCUT2D eigenvalue weighted by molar-refractivity contribution is 9.12. The maximum Gasteiger partial charge on any atom is 0.345 e. The Bertz CT molecular complexity index is 1690. The van der Waals surface area contributed by atoms with Gasteiger partial charge in [0.1, 0.15) is 12.3 Å². The second kappa shape index (κ2) is 12.2. The van der Waals surface area contributed by atoms with Crippen LogP contribution in [-0.4, -0.2) is 55.7 Å². The summed E-state index contributed by atoms with van der Waals surface area (Å²) in [5, 5.41) is 2.34. The summed E-state index contributed by atoms with van der Waals surface area (Å²) in [5.74, 6) is -4.25. The maximum absolute atomic E-state index is 13.8. The molecule has 0 radical (unpaired) electrons. The number of ether oxygens (including phenoxy) is 1. The number of nitrogens with zero attached hydrogens (tertiary/aromatic N) is 2. The highest BCUT2D eigenvalue weighted by atomic mass is 79.9. The molecule has 2 aliphatic carbocycles. The standard InChI is InChI=1S/C31H21Br2Cl3N2O6/c32-26-19-12-20(27(26)33)25-24(19)29(41)38(30(25)42)37(28(40)17-3-1-2-4-21(17)35)13-23(39)14-5-8-16(9-6-14)44-31(43)18-10-7-15(34)11-22(18)36/h1-11,19-20,24-27H,12-13H2/t19-,20-,24-,25+,26-,27+/m1/s1. The predicted octanol–water partition coefficient (Wildman–Crippen LogP) is 6.88. The van der Waals surface area contributed by atoms with Crippen molar-refractivity contribution in [2.75, 3.05) is 6.54 Å². The third kappa shape index (κ3) is 5.38. The summed E-state index contributed by atoms with van der Waals surface area (Å²) >= 11 is 25.6. The molecule has 6 atom stereocenters. The fourth-order valence-corrected chi connectivity index (χ4v) is 8.91. The number of imide groups is 1. The predicted molar refractivity (Wildman–Crippen MR) is 171 cm³/mol. The van der Waals surface area contributed by atoms with Crippen molar-refractivity contribution in [1.29, 1.82) is 0 Å². The minimum Gasteiger partial charge on any atom is -0.423 e. The number of hydrogen-bond acceptors (Lipinski definition) is 6. The maximum atomic E-state index is 13.8. The Morgan fingerprint density at radius 2 is 1.43 bits per heavy atom. The smallest absolute Gasteiger partial charge is 0.345 e. The Morgan fingerprint density at radius 1 is 0.818 bits per heavy atom. The zero-order valence-electron chi connectivity index (χ0n) is 22.5. The van der Waals surface area contributed by atoms with Crippen molar-refractivity contribution in [3.05, 3.63) is 98.5 Å². The average Bonchev–Trinajstić information content (AvgIpc) is 3.61. The second-order valence-corrected chi connectivity index (χ2v) is 14.2. The molecule has 1 aliphatic heterocycles. The van der Waals surface area contributed by atoms with Crippen molar-refractivity contribution in [1.82, 2.24) is 10.0 Å². The van der Waals surface area contributed by atoms with Gasteiger partial charge in [-0.15, -0.1) is 0 Å². The van der Waals surface area contributed by atoms with Gasteiger partial charge in [-0.2, -0.15) is 5.01 Å². The van der Waals surface area contributed by atoms with E-state index in [1.54, 1.807) is 12.1 Å². The second-order valence-electron chi connectivity index (χ2n) is 10.8. The molecule has 3 aliphatic rings. The number of alkyl halides is 2. The third-order valence-electron chi connectivity index (χ3n) is 8.38. The molecule has 2 bridgehead atoms. The number of halogens is 5. The van der Waals surface area contributed by atoms with E-state index in [1.807, 2.05) is 0 Å². The summed E-state index contributed by atoms with van der Waals surface area (Å²) in [6, 6.07) is 16.2. The van der Waals surface area contributed by atoms with E-state index in [0.717, 1.165) is 10.0 Å². The molecule has 0 N–H and O–H groups in total. The van der Waals surface area contributed by atoms with E-state index in [9.17, 15) is 24.0 Å². The summed E-state index contributed by atoms with van der Waals surface area (Å²) in [4.78, 5) is 67.6. The first-order valence-electron chi connectivity index (χ1n) is 13.5. The van der Waals surface area contributed by atoms with Crippen molar-refractivity contribution < 1.29 is 28.7 Å². The molecule has 3 amide bonds. The Hall–Kier alpha value is -2.76. The van der Waals surface area contributed by atoms with Gasteiger partial charge in [0.15, 0.2) is 5.78 Å². The lowest BCUT2D eigenvalue weighted by molar-refractivity contribution is -0.154. The van der Waals surface area contributed by atoms with E-state index in [2.05, 4.69) is 31.9 Å². The Kier molecular flexibility index (Phi) is 8.67. The lowest BCUT2D eigenvalue weighted by Crippen LogP contribution is -2.52. The van der Waals surface area contributed by atoms with Gasteiger partial charge in [0.25, 0.3) is 17.7 Å². The lowest BCUT2D eigenvalue weighted by Gasteiger charge is -2.31. The summed E-state index contributed by atoms with van der Waals surface area (Å²) in [6.45, 7) is -0.606. The highest BCUT2D eigenvalue weighted by Gasteiger charge is 2.67. The summed E-state index contributed by atoms with van der Waals surface area (Å²) in [7, 11) is 0. The van der Waals surface area contributed by atoms with E-state index < -0.39 is 47.9 Å². The van der Waals surface area contributed by atoms with Crippen molar-refractivity contribution >= 4 is 96.1 Å². The monoisotopic (exact) mass is 780 g/mol. The molecule has 1 saturated heterocycles. The summed E-state index contributed by atoms with van der Waals surface area (Å²) in [6.07, 6.45) is 0.713. The van der Waals surface area contributed by atoms with Crippen LogP contribution in [0.5, 0.6) is 5.75 Å². The number of hydrazine groups is 1. The van der Waals surface area contributed by atoms with Gasteiger partial charge in [-0.1, -0.05) is 78.8 Å². The van der Waals surface area contributed by atoms with Gasteiger partial charge in [0.05, 0.1) is 33.0 Å². The molecule has 226 valence electrons. The van der Waals surface area contributed by atoms with Crippen LogP contribution in [0.15, 0.2) is 66.7 Å². The van der Waals surface area contributed by atoms with E-state index in [-0.39, 0.29) is 54.0 Å². The van der Waals surface area contributed by atoms with Crippen molar-refractivity contribution in [2.45, 2.75) is 16.1 Å². The molecule has 44 heavy (non-hydrogen) atoms. The van der Waals surface area contributed by atoms with Crippen LogP contribution in [0, 0.1) is 23.7 Å². The Labute approximate surface area is 283 Å². The van der Waals surface area contributed by atoms with Crippen LogP contribution in [0.25, 0.3) is 0 Å². The molecule has 0 spiro atoms. The van der Waals surface area contributed by atoms with Crippen LogP contribution in [0.1, 0.15) is 37.5 Å². The third-order valence-corrected chi connectivity index (χ3v) is 12.5. The number of fused-ring (bicyclic) bond motifs is 5. The molecule has 1 heterocycles. The van der Waals surface area contributed by atoms with E-state index in [1.165, 1.54) is 54.6 Å². The number of benzene rings is 3. The van der Waals surface area contributed by atoms with Crippen molar-refractivity contribution in [3.63, 3.8) is 0 Å². The fourth-order valence-electron chi connectivity index (χ4n) is 6.33. The topological polar surface area (TPSA) is 101 Å². The fraction of sp³-hybridized carbons (Fsp3) is 0.258. The molecule has 0 aromatic heterocycles. The minimum atomic E-state index is -0.755. The molecule has 2 saturated carbocycles. The molecular formula is C31H21Br2Cl3N2O6. The number of carbonyl (C=O) groups excluding carboxylic acids is 5. The van der Waals surface area contributed by atoms with E-state index in [0.29, 0.717) is 11.4 Å². The Balaban J connectivity index is 1.25. The summed E-state index contributed by atoms with van der Waals surface area (Å²) in [5.41, 5.74) is 0.315. The van der Waals surface area contributed by atoms with Crippen LogP contribution < -0.4 is 4.74 Å². The number of hydrogen-bond donors (Lipinski definition) is 0. The van der Waals surface area contributed by atoms with Crippen LogP contribution in [0.4, 0.5) is 0 Å². The minimum absolute atomic E-state index is 0.00290. The zero-order valence-corrected chi connectivity index (χ0v) is 27.9. The Morgan fingerprint density at radius 3 is 2.02 bits per heavy atom. The molecule has 8 nitrogen and oxygen atoms in total. The van der Waals surface area contributed by atoms with Gasteiger partial charge in [-0.25, -0.2) is 9.80 Å². The number of amides is 3. The first-order chi connectivity index (χ1) is 21.0. The van der Waals surface area contributed by atoms with Gasteiger partial charge in [-0.3, -0.25) is 19.2 Å². The van der Waals surface area contributed by atoms with Crippen molar-refractivity contribution in [2.24, 2.45) is 23.7 Å². The van der Waals surface area contributed by atoms with Crippen LogP contribution in [0.2, 0.25) is 15.1 Å². The van der Waals surface area contributed by atoms with Crippen molar-refractivity contribution in [3.8, 4) is 5.75 Å². The number of ketones is 1. The van der Waals surface area contributed by atoms with Crippen LogP contribution in [-0.2, 0) is 9.59 Å². The molecular weight excluding hydrogens is 763 g/mol. The van der Waals surface area contributed by atoms with Gasteiger partial charge in [-0.05, 0) is 72.9 Å². The molecule has 3 aromatic carbocycles. The number of carbonyl (C=O) groups is 5. The van der Waals surface area contributed by atoms with Gasteiger partial charge in [0, 0.05) is 20.2 Å². The van der Waals surface area contributed by atoms with E-state index >= 15 is 0 Å². The number of Topliss-reactive ketones (excluding diaryl/α,β-unsaturated/α-hetero) is 1. The largest absolute Gasteiger partial charge is 0.423 e. The molecule has 13 heteroatoms. The van der Waals surface area contributed by atoms with Gasteiger partial charge >= 0.3 is 5.97 Å². The molecule has 3 aromatic rings. The molecule has 3 fully saturated rings. The molecule has 6 rings (SSSR count). The van der Waals surface area contributed by atoms with E-state index in [4.69, 9.17) is 39.5 Å². The van der Waals surface area contributed by atoms with Gasteiger partial charge < -0.3 is 4.74 Å². The highest BCUT2D eigenvalue weighted by Crippen LogP contribution is 2.60. The lowest BCUT2D eigenvalue weighted by atomic mass is 9.81. The SMILES string of the molecule is O=C(CN(C(=O)c1ccccc1Cl)N1C(=O)[C@@H]2[C@H]3C[C@@H]([C@H](Br)[C@@H]3Br)[C@@H]2C1=O)c1ccc(OC(=O)c2ccc(Cl)cc2Cl)cc1. The average molecular weight is 784 g/mol. The molecule has 0 unspecified atom stereocenters. The van der Waals surface area contributed by atoms with Gasteiger partial charge in [0.2, 0.25) is 0 Å². The zero-order chi connectivity index (χ0) is 31.4. The first-order valence-corrected chi connectivity index (χ1v) is 16.5. The quantitative estimate of drug-likeness (QED) is 0.0852. The first kappa shape index (κ1) is 31.2. The normalized spacial score (nSPS) is 25.2. The van der Waals surface area contributed by atoms with Crippen LogP contribution >= 0.6 is 66.7 Å². The summed E-state index contributed by atoms with van der Waals surface area (Å²) < 4.78 is 5.38. The number of esters is 1. The van der Waals surface area contributed by atoms with Crippen LogP contribution in [0.3, 0.4) is 0 Å². The number of rotatable bonds is 7.